The molecule has 0 aliphatic heterocycles. The van der Waals surface area contributed by atoms with Crippen LogP contribution in [-0.2, 0) is 9.53 Å². The first-order valence-electron chi connectivity index (χ1n) is 9.86. The highest BCUT2D eigenvalue weighted by atomic mass is 16.5. The van der Waals surface area contributed by atoms with E-state index in [1.165, 1.54) is 24.8 Å². The maximum atomic E-state index is 12.2. The normalized spacial score (nSPS) is 20.3. The van der Waals surface area contributed by atoms with Crippen molar-refractivity contribution in [1.29, 1.82) is 0 Å². The van der Waals surface area contributed by atoms with Gasteiger partial charge in [-0.3, -0.25) is 0 Å². The number of aliphatic imine (C=N–C) groups is 1. The fourth-order valence-corrected chi connectivity index (χ4v) is 3.74. The number of nitrogens with zero attached hydrogens (tertiary/aromatic N) is 1. The Morgan fingerprint density at radius 2 is 2.11 bits per heavy atom. The summed E-state index contributed by atoms with van der Waals surface area (Å²) in [6.07, 6.45) is 7.41. The fourth-order valence-electron chi connectivity index (χ4n) is 3.74. The maximum absolute atomic E-state index is 12.2. The average Bonchev–Trinajstić information content (AvgIpc) is 2.73. The lowest BCUT2D eigenvalue weighted by Gasteiger charge is -2.30. The minimum Gasteiger partial charge on any atom is -0.461 e. The topological polar surface area (TPSA) is 76.7 Å². The molecule has 0 spiro atoms. The minimum absolute atomic E-state index is 0.114. The van der Waals surface area contributed by atoms with Crippen molar-refractivity contribution in [3.05, 3.63) is 72.1 Å². The SMILES string of the molecule is C=C/C(C(=C)NC[C@H]1CCC[C@@H](c2ccccc2)C1)=C(/N=CN)C(=O)OCC. The van der Waals surface area contributed by atoms with Crippen molar-refractivity contribution in [3.63, 3.8) is 0 Å². The Morgan fingerprint density at radius 3 is 2.75 bits per heavy atom. The van der Waals surface area contributed by atoms with E-state index in [2.05, 4.69) is 53.8 Å². The van der Waals surface area contributed by atoms with Gasteiger partial charge in [-0.2, -0.15) is 0 Å². The number of carbonyl (C=O) groups excluding carboxylic acids is 1. The number of carbonyl (C=O) groups is 1. The van der Waals surface area contributed by atoms with Crippen LogP contribution in [0.25, 0.3) is 0 Å². The lowest BCUT2D eigenvalue weighted by molar-refractivity contribution is -0.138. The van der Waals surface area contributed by atoms with Gasteiger partial charge < -0.3 is 15.8 Å². The first-order chi connectivity index (χ1) is 13.6. The first kappa shape index (κ1) is 21.5. The lowest BCUT2D eigenvalue weighted by atomic mass is 9.78. The molecule has 0 heterocycles. The van der Waals surface area contributed by atoms with Crippen LogP contribution in [0.3, 0.4) is 0 Å². The molecular formula is C23H31N3O2. The average molecular weight is 382 g/mol. The molecule has 0 radical (unpaired) electrons. The van der Waals surface area contributed by atoms with Crippen molar-refractivity contribution >= 4 is 12.3 Å². The third kappa shape index (κ3) is 5.84. The Balaban J connectivity index is 2.03. The lowest BCUT2D eigenvalue weighted by Crippen LogP contribution is -2.27. The van der Waals surface area contributed by atoms with Crippen molar-refractivity contribution < 1.29 is 9.53 Å². The standard InChI is InChI=1S/C23H31N3O2/c1-4-21(22(26-16-24)23(27)28-5-2)17(3)25-15-18-10-9-13-20(14-18)19-11-7-6-8-12-19/h4,6-8,11-12,16,18,20,25H,1,3,5,9-10,13-15H2,2H3,(H2,24,26)/b22-21-/t18-,20+/m0/s1. The Labute approximate surface area is 168 Å². The zero-order valence-corrected chi connectivity index (χ0v) is 16.7. The van der Waals surface area contributed by atoms with Crippen molar-refractivity contribution in [3.8, 4) is 0 Å². The Bertz CT molecular complexity index is 737. The molecule has 0 amide bonds. The summed E-state index contributed by atoms with van der Waals surface area (Å²) in [6.45, 7) is 10.7. The van der Waals surface area contributed by atoms with Gasteiger partial charge in [0.2, 0.25) is 0 Å². The van der Waals surface area contributed by atoms with E-state index < -0.39 is 5.97 Å². The fraction of sp³-hybridized carbons (Fsp3) is 0.391. The molecule has 1 saturated carbocycles. The monoisotopic (exact) mass is 381 g/mol. The molecule has 0 saturated heterocycles. The van der Waals surface area contributed by atoms with Gasteiger partial charge in [0.15, 0.2) is 5.70 Å². The zero-order chi connectivity index (χ0) is 20.4. The van der Waals surface area contributed by atoms with Crippen LogP contribution in [0, 0.1) is 5.92 Å². The van der Waals surface area contributed by atoms with Gasteiger partial charge in [-0.05, 0) is 43.6 Å². The number of hydrogen-bond donors (Lipinski definition) is 2. The predicted molar refractivity (Wildman–Crippen MR) is 115 cm³/mol. The quantitative estimate of drug-likeness (QED) is 0.222. The van der Waals surface area contributed by atoms with Crippen LogP contribution in [0.15, 0.2) is 71.5 Å². The first-order valence-corrected chi connectivity index (χ1v) is 9.86. The van der Waals surface area contributed by atoms with Gasteiger partial charge in [0.05, 0.1) is 12.9 Å². The molecule has 0 bridgehead atoms. The van der Waals surface area contributed by atoms with Gasteiger partial charge in [-0.25, -0.2) is 9.79 Å². The summed E-state index contributed by atoms with van der Waals surface area (Å²) in [4.78, 5) is 16.1. The van der Waals surface area contributed by atoms with Gasteiger partial charge in [0.25, 0.3) is 0 Å². The van der Waals surface area contributed by atoms with E-state index >= 15 is 0 Å². The Kier molecular flexibility index (Phi) is 8.53. The van der Waals surface area contributed by atoms with Crippen LogP contribution in [0.5, 0.6) is 0 Å². The van der Waals surface area contributed by atoms with Gasteiger partial charge in [0.1, 0.15) is 0 Å². The van der Waals surface area contributed by atoms with E-state index in [-0.39, 0.29) is 12.3 Å². The van der Waals surface area contributed by atoms with Gasteiger partial charge in [0, 0.05) is 17.8 Å². The van der Waals surface area contributed by atoms with Crippen molar-refractivity contribution in [2.45, 2.75) is 38.5 Å². The van der Waals surface area contributed by atoms with Crippen molar-refractivity contribution in [2.24, 2.45) is 16.6 Å². The van der Waals surface area contributed by atoms with Crippen molar-refractivity contribution in [1.82, 2.24) is 5.32 Å². The van der Waals surface area contributed by atoms with Crippen LogP contribution in [-0.4, -0.2) is 25.5 Å². The van der Waals surface area contributed by atoms with Gasteiger partial charge in [-0.15, -0.1) is 0 Å². The van der Waals surface area contributed by atoms with E-state index in [0.29, 0.717) is 23.1 Å². The van der Waals surface area contributed by atoms with E-state index in [1.54, 1.807) is 13.0 Å². The predicted octanol–water partition coefficient (Wildman–Crippen LogP) is 4.05. The zero-order valence-electron chi connectivity index (χ0n) is 16.7. The van der Waals surface area contributed by atoms with E-state index in [4.69, 9.17) is 10.5 Å². The second kappa shape index (κ2) is 11.1. The number of esters is 1. The van der Waals surface area contributed by atoms with Crippen molar-refractivity contribution in [2.75, 3.05) is 13.2 Å². The molecule has 28 heavy (non-hydrogen) atoms. The summed E-state index contributed by atoms with van der Waals surface area (Å²) in [7, 11) is 0. The molecule has 1 fully saturated rings. The Hall–Kier alpha value is -2.82. The molecule has 0 aromatic heterocycles. The van der Waals surface area contributed by atoms with Crippen LogP contribution >= 0.6 is 0 Å². The van der Waals surface area contributed by atoms with Gasteiger partial charge >= 0.3 is 5.97 Å². The minimum atomic E-state index is -0.538. The second-order valence-electron chi connectivity index (χ2n) is 6.96. The van der Waals surface area contributed by atoms with E-state index in [9.17, 15) is 4.79 Å². The molecule has 1 aliphatic carbocycles. The Morgan fingerprint density at radius 1 is 1.36 bits per heavy atom. The number of allylic oxidation sites excluding steroid dienone is 1. The maximum Gasteiger partial charge on any atom is 0.357 e. The molecule has 0 unspecified atom stereocenters. The summed E-state index contributed by atoms with van der Waals surface area (Å²) in [6, 6.07) is 10.7. The third-order valence-electron chi connectivity index (χ3n) is 5.11. The molecule has 5 heteroatoms. The highest BCUT2D eigenvalue weighted by Gasteiger charge is 2.23. The summed E-state index contributed by atoms with van der Waals surface area (Å²) in [5, 5.41) is 3.37. The number of ether oxygens (including phenoxy) is 1. The third-order valence-corrected chi connectivity index (χ3v) is 5.11. The van der Waals surface area contributed by atoms with Crippen LogP contribution < -0.4 is 11.1 Å². The summed E-state index contributed by atoms with van der Waals surface area (Å²) < 4.78 is 5.06. The molecule has 2 atom stereocenters. The van der Waals surface area contributed by atoms with Crippen LogP contribution in [0.4, 0.5) is 0 Å². The summed E-state index contributed by atoms with van der Waals surface area (Å²) in [5.74, 6) is 0.607. The number of hydrogen-bond acceptors (Lipinski definition) is 4. The number of nitrogens with one attached hydrogen (secondary N) is 1. The highest BCUT2D eigenvalue weighted by molar-refractivity contribution is 5.92. The van der Waals surface area contributed by atoms with E-state index in [1.807, 2.05) is 0 Å². The number of benzene rings is 1. The molecule has 150 valence electrons. The van der Waals surface area contributed by atoms with Crippen LogP contribution in [0.2, 0.25) is 0 Å². The highest BCUT2D eigenvalue weighted by Crippen LogP contribution is 2.36. The molecule has 3 N–H and O–H groups in total. The molecule has 1 aliphatic rings. The molecule has 1 aromatic carbocycles. The van der Waals surface area contributed by atoms with Gasteiger partial charge in [-0.1, -0.05) is 56.0 Å². The largest absolute Gasteiger partial charge is 0.461 e. The molecule has 5 nitrogen and oxygen atoms in total. The van der Waals surface area contributed by atoms with E-state index in [0.717, 1.165) is 19.3 Å². The number of nitrogens with two attached hydrogens (primary N) is 1. The molecule has 1 aromatic rings. The smallest absolute Gasteiger partial charge is 0.357 e. The number of rotatable bonds is 9. The summed E-state index contributed by atoms with van der Waals surface area (Å²) in [5.41, 5.74) is 8.04. The second-order valence-corrected chi connectivity index (χ2v) is 6.96. The van der Waals surface area contributed by atoms with Crippen LogP contribution in [0.1, 0.15) is 44.1 Å². The molecular weight excluding hydrogens is 350 g/mol. The molecule has 2 rings (SSSR count). The summed E-state index contributed by atoms with van der Waals surface area (Å²) >= 11 is 0.